The lowest BCUT2D eigenvalue weighted by atomic mass is 9.76. The van der Waals surface area contributed by atoms with E-state index in [0.29, 0.717) is 0 Å². The number of benzene rings is 2. The molecule has 3 aromatic rings. The molecule has 0 N–H and O–H groups in total. The molecule has 5 rings (SSSR count). The van der Waals surface area contributed by atoms with Gasteiger partial charge in [0.15, 0.2) is 5.75 Å². The lowest BCUT2D eigenvalue weighted by Crippen LogP contribution is -2.58. The Morgan fingerprint density at radius 1 is 1.18 bits per heavy atom. The van der Waals surface area contributed by atoms with Crippen molar-refractivity contribution in [1.29, 1.82) is 0 Å². The number of fused-ring (bicyclic) bond motifs is 4. The molecular formula is C22H19N3O3. The van der Waals surface area contributed by atoms with Crippen molar-refractivity contribution in [3.05, 3.63) is 76.0 Å². The largest absolute Gasteiger partial charge is 0.460 e. The number of rotatable bonds is 1. The second kappa shape index (κ2) is 5.32. The summed E-state index contributed by atoms with van der Waals surface area (Å²) in [6, 6.07) is 13.0. The van der Waals surface area contributed by atoms with Crippen LogP contribution in [0.25, 0.3) is 17.0 Å². The van der Waals surface area contributed by atoms with Crippen LogP contribution in [0.1, 0.15) is 25.0 Å². The second-order valence-electron chi connectivity index (χ2n) is 7.83. The van der Waals surface area contributed by atoms with Crippen LogP contribution in [0.2, 0.25) is 0 Å². The maximum absolute atomic E-state index is 11.3. The minimum atomic E-state index is -0.802. The van der Waals surface area contributed by atoms with E-state index in [4.69, 9.17) is 4.74 Å². The van der Waals surface area contributed by atoms with Gasteiger partial charge in [0.25, 0.3) is 5.69 Å². The van der Waals surface area contributed by atoms with Crippen molar-refractivity contribution in [2.24, 2.45) is 0 Å². The van der Waals surface area contributed by atoms with Gasteiger partial charge in [-0.3, -0.25) is 15.1 Å². The Hall–Kier alpha value is -3.41. The van der Waals surface area contributed by atoms with Crippen LogP contribution in [0.15, 0.2) is 54.7 Å². The SMILES string of the molecule is CN1c2ccc([N+](=O)[O-])cc2C(C)(C)C12C=Cc1ccc3cccnc3c1O2. The van der Waals surface area contributed by atoms with E-state index in [9.17, 15) is 10.1 Å². The first-order valence-corrected chi connectivity index (χ1v) is 9.14. The van der Waals surface area contributed by atoms with Crippen molar-refractivity contribution in [1.82, 2.24) is 4.98 Å². The van der Waals surface area contributed by atoms with E-state index >= 15 is 0 Å². The van der Waals surface area contributed by atoms with Gasteiger partial charge in [-0.15, -0.1) is 0 Å². The number of likely N-dealkylation sites (N-methyl/N-ethyl adjacent to an activating group) is 1. The topological polar surface area (TPSA) is 68.5 Å². The number of ether oxygens (including phenoxy) is 1. The van der Waals surface area contributed by atoms with Crippen LogP contribution < -0.4 is 9.64 Å². The van der Waals surface area contributed by atoms with E-state index in [0.717, 1.165) is 33.5 Å². The highest BCUT2D eigenvalue weighted by molar-refractivity contribution is 5.89. The zero-order valence-corrected chi connectivity index (χ0v) is 15.8. The number of aromatic nitrogens is 1. The molecule has 1 spiro atoms. The van der Waals surface area contributed by atoms with Crippen LogP contribution in [0.5, 0.6) is 5.75 Å². The normalized spacial score (nSPS) is 21.5. The van der Waals surface area contributed by atoms with Crippen molar-refractivity contribution in [3.63, 3.8) is 0 Å². The summed E-state index contributed by atoms with van der Waals surface area (Å²) in [7, 11) is 1.97. The number of nitrogens with zero attached hydrogens (tertiary/aromatic N) is 3. The number of anilines is 1. The van der Waals surface area contributed by atoms with Crippen molar-refractivity contribution < 1.29 is 9.66 Å². The molecular weight excluding hydrogens is 354 g/mol. The lowest BCUT2D eigenvalue weighted by Gasteiger charge is -2.45. The van der Waals surface area contributed by atoms with Gasteiger partial charge in [0.05, 0.1) is 10.3 Å². The summed E-state index contributed by atoms with van der Waals surface area (Å²) in [4.78, 5) is 17.6. The molecule has 0 bridgehead atoms. The van der Waals surface area contributed by atoms with Crippen molar-refractivity contribution >= 4 is 28.4 Å². The highest BCUT2D eigenvalue weighted by atomic mass is 16.6. The van der Waals surface area contributed by atoms with E-state index in [-0.39, 0.29) is 10.6 Å². The fourth-order valence-corrected chi connectivity index (χ4v) is 4.50. The van der Waals surface area contributed by atoms with Crippen LogP contribution in [-0.4, -0.2) is 22.7 Å². The molecule has 3 heterocycles. The summed E-state index contributed by atoms with van der Waals surface area (Å²) in [5.41, 5.74) is 2.38. The minimum Gasteiger partial charge on any atom is -0.460 e. The highest BCUT2D eigenvalue weighted by Crippen LogP contribution is 2.55. The van der Waals surface area contributed by atoms with Crippen LogP contribution >= 0.6 is 0 Å². The maximum Gasteiger partial charge on any atom is 0.269 e. The van der Waals surface area contributed by atoms with E-state index in [1.807, 2.05) is 31.3 Å². The first-order chi connectivity index (χ1) is 13.3. The average molecular weight is 373 g/mol. The molecule has 1 aromatic heterocycles. The van der Waals surface area contributed by atoms with Gasteiger partial charge in [-0.2, -0.15) is 0 Å². The Kier molecular flexibility index (Phi) is 3.18. The number of non-ortho nitro benzene ring substituents is 1. The molecule has 0 saturated carbocycles. The van der Waals surface area contributed by atoms with Gasteiger partial charge in [-0.1, -0.05) is 18.2 Å². The average Bonchev–Trinajstić information content (AvgIpc) is 2.86. The molecule has 0 radical (unpaired) electrons. The molecule has 6 heteroatoms. The molecule has 0 aliphatic carbocycles. The van der Waals surface area contributed by atoms with Gasteiger partial charge in [-0.25, -0.2) is 0 Å². The van der Waals surface area contributed by atoms with Gasteiger partial charge in [0.2, 0.25) is 5.72 Å². The molecule has 0 saturated heterocycles. The summed E-state index contributed by atoms with van der Waals surface area (Å²) < 4.78 is 6.71. The standard InChI is InChI=1S/C22H19N3O3/c1-21(2)17-13-16(25(26)27)8-9-18(17)24(3)22(21)11-10-15-7-6-14-5-4-12-23-19(14)20(15)28-22/h4-13H,1-3H3. The summed E-state index contributed by atoms with van der Waals surface area (Å²) in [5.74, 6) is 0.739. The zero-order valence-electron chi connectivity index (χ0n) is 15.8. The van der Waals surface area contributed by atoms with E-state index in [2.05, 4.69) is 35.9 Å². The van der Waals surface area contributed by atoms with Gasteiger partial charge in [0, 0.05) is 42.0 Å². The van der Waals surface area contributed by atoms with Crippen molar-refractivity contribution in [3.8, 4) is 5.75 Å². The molecule has 28 heavy (non-hydrogen) atoms. The molecule has 140 valence electrons. The van der Waals surface area contributed by atoms with E-state index in [1.165, 1.54) is 0 Å². The maximum atomic E-state index is 11.3. The number of hydrogen-bond donors (Lipinski definition) is 0. The monoisotopic (exact) mass is 373 g/mol. The van der Waals surface area contributed by atoms with Crippen LogP contribution in [0.4, 0.5) is 11.4 Å². The summed E-state index contributed by atoms with van der Waals surface area (Å²) in [5, 5.41) is 12.3. The molecule has 0 amide bonds. The first kappa shape index (κ1) is 16.7. The third-order valence-corrected chi connectivity index (χ3v) is 6.12. The molecule has 1 unspecified atom stereocenters. The molecule has 6 nitrogen and oxygen atoms in total. The molecule has 2 aliphatic heterocycles. The first-order valence-electron chi connectivity index (χ1n) is 9.14. The Balaban J connectivity index is 1.72. The predicted molar refractivity (Wildman–Crippen MR) is 109 cm³/mol. The summed E-state index contributed by atoms with van der Waals surface area (Å²) >= 11 is 0. The van der Waals surface area contributed by atoms with E-state index < -0.39 is 11.1 Å². The third-order valence-electron chi connectivity index (χ3n) is 6.12. The Morgan fingerprint density at radius 2 is 2.00 bits per heavy atom. The number of hydrogen-bond acceptors (Lipinski definition) is 5. The molecule has 1 atom stereocenters. The lowest BCUT2D eigenvalue weighted by molar-refractivity contribution is -0.384. The molecule has 0 fully saturated rings. The van der Waals surface area contributed by atoms with Gasteiger partial charge >= 0.3 is 0 Å². The number of pyridine rings is 1. The Bertz CT molecular complexity index is 1180. The van der Waals surface area contributed by atoms with Crippen molar-refractivity contribution in [2.45, 2.75) is 25.0 Å². The van der Waals surface area contributed by atoms with Crippen molar-refractivity contribution in [2.75, 3.05) is 11.9 Å². The quantitative estimate of drug-likeness (QED) is 0.458. The van der Waals surface area contributed by atoms with Crippen LogP contribution in [0, 0.1) is 10.1 Å². The summed E-state index contributed by atoms with van der Waals surface area (Å²) in [6.45, 7) is 4.12. The smallest absolute Gasteiger partial charge is 0.269 e. The highest BCUT2D eigenvalue weighted by Gasteiger charge is 2.58. The zero-order chi connectivity index (χ0) is 19.7. The van der Waals surface area contributed by atoms with E-state index in [1.54, 1.807) is 24.4 Å². The number of nitro groups is 1. The van der Waals surface area contributed by atoms with Gasteiger partial charge in [-0.05, 0) is 43.7 Å². The number of nitro benzene ring substituents is 1. The second-order valence-corrected chi connectivity index (χ2v) is 7.83. The van der Waals surface area contributed by atoms with Crippen LogP contribution in [-0.2, 0) is 5.41 Å². The van der Waals surface area contributed by atoms with Crippen LogP contribution in [0.3, 0.4) is 0 Å². The predicted octanol–water partition coefficient (Wildman–Crippen LogP) is 4.67. The minimum absolute atomic E-state index is 0.0876. The Labute approximate surface area is 162 Å². The summed E-state index contributed by atoms with van der Waals surface area (Å²) in [6.07, 6.45) is 5.88. The molecule has 2 aliphatic rings. The third kappa shape index (κ3) is 1.94. The van der Waals surface area contributed by atoms with Gasteiger partial charge in [0.1, 0.15) is 5.52 Å². The van der Waals surface area contributed by atoms with Gasteiger partial charge < -0.3 is 9.64 Å². The Morgan fingerprint density at radius 3 is 2.79 bits per heavy atom. The molecule has 2 aromatic carbocycles. The fraction of sp³-hybridized carbons (Fsp3) is 0.227. The fourth-order valence-electron chi connectivity index (χ4n) is 4.50.